The van der Waals surface area contributed by atoms with Crippen LogP contribution in [0.15, 0.2) is 60.7 Å². The van der Waals surface area contributed by atoms with Gasteiger partial charge in [0.2, 0.25) is 0 Å². The number of ether oxygens (including phenoxy) is 1. The van der Waals surface area contributed by atoms with E-state index in [2.05, 4.69) is 0 Å². The zero-order chi connectivity index (χ0) is 17.7. The van der Waals surface area contributed by atoms with Gasteiger partial charge in [0.15, 0.2) is 0 Å². The van der Waals surface area contributed by atoms with Gasteiger partial charge in [-0.3, -0.25) is 4.79 Å². The van der Waals surface area contributed by atoms with E-state index in [1.165, 1.54) is 4.90 Å². The Hall–Kier alpha value is -2.82. The lowest BCUT2D eigenvalue weighted by molar-refractivity contribution is -0.148. The number of nitrogens with zero attached hydrogens (tertiary/aromatic N) is 1. The molecular formula is C20H21NO4. The average molecular weight is 339 g/mol. The Morgan fingerprint density at radius 1 is 1.00 bits per heavy atom. The van der Waals surface area contributed by atoms with Crippen LogP contribution < -0.4 is 0 Å². The Morgan fingerprint density at radius 2 is 1.60 bits per heavy atom. The highest BCUT2D eigenvalue weighted by Gasteiger charge is 2.46. The van der Waals surface area contributed by atoms with Crippen molar-refractivity contribution in [1.82, 2.24) is 4.90 Å². The first-order chi connectivity index (χ1) is 12.1. The van der Waals surface area contributed by atoms with Crippen LogP contribution in [0, 0.1) is 5.41 Å². The SMILES string of the molecule is O=C(OCc1ccccc1)N1CCC(Cc2ccccc2)(C(=O)O)C1. The van der Waals surface area contributed by atoms with Crippen LogP contribution in [0.3, 0.4) is 0 Å². The summed E-state index contributed by atoms with van der Waals surface area (Å²) in [5.41, 5.74) is 0.917. The normalized spacial score (nSPS) is 19.6. The van der Waals surface area contributed by atoms with E-state index in [0.29, 0.717) is 19.4 Å². The van der Waals surface area contributed by atoms with Crippen molar-refractivity contribution in [2.24, 2.45) is 5.41 Å². The van der Waals surface area contributed by atoms with Crippen LogP contribution in [0.2, 0.25) is 0 Å². The fraction of sp³-hybridized carbons (Fsp3) is 0.300. The molecule has 5 heteroatoms. The molecular weight excluding hydrogens is 318 g/mol. The van der Waals surface area contributed by atoms with E-state index in [4.69, 9.17) is 4.74 Å². The topological polar surface area (TPSA) is 66.8 Å². The largest absolute Gasteiger partial charge is 0.481 e. The molecule has 1 N–H and O–H groups in total. The van der Waals surface area contributed by atoms with Crippen molar-refractivity contribution in [3.8, 4) is 0 Å². The number of carbonyl (C=O) groups excluding carboxylic acids is 1. The molecule has 25 heavy (non-hydrogen) atoms. The van der Waals surface area contributed by atoms with Gasteiger partial charge in [-0.15, -0.1) is 0 Å². The molecule has 1 aliphatic rings. The summed E-state index contributed by atoms with van der Waals surface area (Å²) >= 11 is 0. The van der Waals surface area contributed by atoms with Crippen LogP contribution in [-0.2, 0) is 22.6 Å². The van der Waals surface area contributed by atoms with Crippen LogP contribution >= 0.6 is 0 Å². The van der Waals surface area contributed by atoms with Gasteiger partial charge in [-0.25, -0.2) is 4.79 Å². The van der Waals surface area contributed by atoms with Crippen LogP contribution in [0.25, 0.3) is 0 Å². The molecule has 2 aromatic rings. The predicted molar refractivity (Wildman–Crippen MR) is 93.0 cm³/mol. The van der Waals surface area contributed by atoms with E-state index in [1.807, 2.05) is 60.7 Å². The summed E-state index contributed by atoms with van der Waals surface area (Å²) < 4.78 is 5.33. The van der Waals surface area contributed by atoms with Crippen molar-refractivity contribution in [2.75, 3.05) is 13.1 Å². The zero-order valence-electron chi connectivity index (χ0n) is 13.9. The molecule has 1 saturated heterocycles. The Morgan fingerprint density at radius 3 is 2.20 bits per heavy atom. The number of carboxylic acid groups (broad SMARTS) is 1. The minimum absolute atomic E-state index is 0.171. The highest BCUT2D eigenvalue weighted by atomic mass is 16.6. The van der Waals surface area contributed by atoms with Gasteiger partial charge in [0.1, 0.15) is 6.61 Å². The van der Waals surface area contributed by atoms with Gasteiger partial charge in [-0.05, 0) is 24.0 Å². The van der Waals surface area contributed by atoms with Crippen LogP contribution in [0.5, 0.6) is 0 Å². The number of rotatable bonds is 5. The molecule has 130 valence electrons. The monoisotopic (exact) mass is 339 g/mol. The summed E-state index contributed by atoms with van der Waals surface area (Å²) in [4.78, 5) is 25.7. The van der Waals surface area contributed by atoms with Gasteiger partial charge in [0.25, 0.3) is 0 Å². The third-order valence-electron chi connectivity index (χ3n) is 4.66. The van der Waals surface area contributed by atoms with Gasteiger partial charge < -0.3 is 14.7 Å². The number of likely N-dealkylation sites (tertiary alicyclic amines) is 1. The molecule has 1 heterocycles. The Bertz CT molecular complexity index is 732. The maximum absolute atomic E-state index is 12.3. The highest BCUT2D eigenvalue weighted by molar-refractivity contribution is 5.78. The Kier molecular flexibility index (Phi) is 5.03. The number of benzene rings is 2. The third-order valence-corrected chi connectivity index (χ3v) is 4.66. The van der Waals surface area contributed by atoms with Crippen molar-refractivity contribution in [2.45, 2.75) is 19.4 Å². The van der Waals surface area contributed by atoms with E-state index < -0.39 is 17.5 Å². The first-order valence-corrected chi connectivity index (χ1v) is 8.32. The Balaban J connectivity index is 1.63. The summed E-state index contributed by atoms with van der Waals surface area (Å²) in [6.45, 7) is 0.756. The van der Waals surface area contributed by atoms with Crippen LogP contribution in [0.4, 0.5) is 4.79 Å². The second-order valence-electron chi connectivity index (χ2n) is 6.46. The molecule has 0 bridgehead atoms. The lowest BCUT2D eigenvalue weighted by Gasteiger charge is -2.24. The summed E-state index contributed by atoms with van der Waals surface area (Å²) in [6, 6.07) is 19.0. The molecule has 5 nitrogen and oxygen atoms in total. The van der Waals surface area contributed by atoms with Crippen molar-refractivity contribution in [1.29, 1.82) is 0 Å². The molecule has 2 aromatic carbocycles. The summed E-state index contributed by atoms with van der Waals surface area (Å²) in [7, 11) is 0. The fourth-order valence-electron chi connectivity index (χ4n) is 3.22. The second-order valence-corrected chi connectivity index (χ2v) is 6.46. The average Bonchev–Trinajstić information content (AvgIpc) is 3.07. The molecule has 0 aromatic heterocycles. The van der Waals surface area contributed by atoms with E-state index in [0.717, 1.165) is 11.1 Å². The number of hydrogen-bond acceptors (Lipinski definition) is 3. The molecule has 1 unspecified atom stereocenters. The lowest BCUT2D eigenvalue weighted by Crippen LogP contribution is -2.38. The van der Waals surface area contributed by atoms with Crippen LogP contribution in [-0.4, -0.2) is 35.2 Å². The third kappa shape index (κ3) is 3.99. The highest BCUT2D eigenvalue weighted by Crippen LogP contribution is 2.35. The van der Waals surface area contributed by atoms with Crippen molar-refractivity contribution in [3.05, 3.63) is 71.8 Å². The predicted octanol–water partition coefficient (Wildman–Crippen LogP) is 3.34. The number of carboxylic acids is 1. The van der Waals surface area contributed by atoms with Gasteiger partial charge in [-0.1, -0.05) is 60.7 Å². The quantitative estimate of drug-likeness (QED) is 0.907. The fourth-order valence-corrected chi connectivity index (χ4v) is 3.22. The van der Waals surface area contributed by atoms with Crippen molar-refractivity contribution < 1.29 is 19.4 Å². The van der Waals surface area contributed by atoms with E-state index in [-0.39, 0.29) is 13.2 Å². The minimum Gasteiger partial charge on any atom is -0.481 e. The molecule has 0 radical (unpaired) electrons. The second kappa shape index (κ2) is 7.38. The molecule has 1 aliphatic heterocycles. The van der Waals surface area contributed by atoms with Gasteiger partial charge in [0, 0.05) is 13.1 Å². The van der Waals surface area contributed by atoms with Crippen LogP contribution in [0.1, 0.15) is 17.5 Å². The zero-order valence-corrected chi connectivity index (χ0v) is 13.9. The molecule has 0 spiro atoms. The summed E-state index contributed by atoms with van der Waals surface area (Å²) in [5, 5.41) is 9.75. The minimum atomic E-state index is -0.951. The standard InChI is InChI=1S/C20H21NO4/c22-18(23)20(13-16-7-3-1-4-8-16)11-12-21(15-20)19(24)25-14-17-9-5-2-6-10-17/h1-10H,11-15H2,(H,22,23). The number of carbonyl (C=O) groups is 2. The molecule has 0 saturated carbocycles. The molecule has 1 fully saturated rings. The smallest absolute Gasteiger partial charge is 0.410 e. The number of aliphatic carboxylic acids is 1. The van der Waals surface area contributed by atoms with Gasteiger partial charge >= 0.3 is 12.1 Å². The molecule has 0 aliphatic carbocycles. The van der Waals surface area contributed by atoms with E-state index >= 15 is 0 Å². The summed E-state index contributed by atoms with van der Waals surface area (Å²) in [5.74, 6) is -0.866. The van der Waals surface area contributed by atoms with Gasteiger partial charge in [-0.2, -0.15) is 0 Å². The molecule has 1 amide bonds. The lowest BCUT2D eigenvalue weighted by atomic mass is 9.81. The summed E-state index contributed by atoms with van der Waals surface area (Å²) in [6.07, 6.45) is 0.378. The van der Waals surface area contributed by atoms with E-state index in [9.17, 15) is 14.7 Å². The van der Waals surface area contributed by atoms with Crippen molar-refractivity contribution in [3.63, 3.8) is 0 Å². The molecule has 1 atom stereocenters. The Labute approximate surface area is 146 Å². The van der Waals surface area contributed by atoms with Gasteiger partial charge in [0.05, 0.1) is 5.41 Å². The first kappa shape index (κ1) is 17.0. The molecule has 3 rings (SSSR count). The van der Waals surface area contributed by atoms with E-state index in [1.54, 1.807) is 0 Å². The number of amides is 1. The maximum atomic E-state index is 12.3. The number of hydrogen-bond donors (Lipinski definition) is 1. The first-order valence-electron chi connectivity index (χ1n) is 8.32. The maximum Gasteiger partial charge on any atom is 0.410 e. The van der Waals surface area contributed by atoms with Crippen molar-refractivity contribution >= 4 is 12.1 Å².